The highest BCUT2D eigenvalue weighted by atomic mass is 35.5. The van der Waals surface area contributed by atoms with Crippen LogP contribution in [0.15, 0.2) is 18.2 Å². The zero-order valence-electron chi connectivity index (χ0n) is 11.9. The highest BCUT2D eigenvalue weighted by Crippen LogP contribution is 2.26. The molecule has 2 aliphatic heterocycles. The molecule has 0 aliphatic carbocycles. The average Bonchev–Trinajstić information content (AvgIpc) is 2.95. The monoisotopic (exact) mass is 313 g/mol. The minimum Gasteiger partial charge on any atom is -0.374 e. The van der Waals surface area contributed by atoms with Crippen LogP contribution in [0.2, 0.25) is 5.02 Å². The topological polar surface area (TPSA) is 50.5 Å². The maximum atomic E-state index is 13.4. The summed E-state index contributed by atoms with van der Waals surface area (Å²) in [4.78, 5) is 2.46. The fraction of sp³-hybridized carbons (Fsp3) is 0.600. The molecule has 2 saturated heterocycles. The number of nitrogens with two attached hydrogens (primary N) is 1. The highest BCUT2D eigenvalue weighted by Gasteiger charge is 2.35. The lowest BCUT2D eigenvalue weighted by atomic mass is 9.99. The maximum absolute atomic E-state index is 13.4. The summed E-state index contributed by atoms with van der Waals surface area (Å²) in [5, 5.41) is 0.562. The lowest BCUT2D eigenvalue weighted by Gasteiger charge is -2.38. The van der Waals surface area contributed by atoms with E-state index in [4.69, 9.17) is 22.2 Å². The maximum Gasteiger partial charge on any atom is 0.123 e. The Bertz CT molecular complexity index is 502. The van der Waals surface area contributed by atoms with E-state index in [1.54, 1.807) is 6.07 Å². The van der Waals surface area contributed by atoms with Crippen molar-refractivity contribution in [3.8, 4) is 0 Å². The molecule has 0 aromatic heterocycles. The van der Waals surface area contributed by atoms with Gasteiger partial charge in [0, 0.05) is 17.6 Å². The lowest BCUT2D eigenvalue weighted by Crippen LogP contribution is -2.56. The molecule has 2 heterocycles. The molecule has 3 rings (SSSR count). The molecule has 0 radical (unpaired) electrons. The zero-order valence-corrected chi connectivity index (χ0v) is 12.7. The normalized spacial score (nSPS) is 27.6. The molecule has 2 fully saturated rings. The third-order valence-corrected chi connectivity index (χ3v) is 4.90. The van der Waals surface area contributed by atoms with Gasteiger partial charge in [0.2, 0.25) is 0 Å². The number of ether oxygens (including phenoxy) is 1. The van der Waals surface area contributed by atoms with Crippen LogP contribution in [0.25, 0.3) is 0 Å². The molecule has 0 spiro atoms. The van der Waals surface area contributed by atoms with E-state index in [0.717, 1.165) is 25.3 Å². The Morgan fingerprint density at radius 1 is 1.52 bits per heavy atom. The Balaban J connectivity index is 1.68. The summed E-state index contributed by atoms with van der Waals surface area (Å²) in [6, 6.07) is 4.89. The number of hydrazine groups is 1. The van der Waals surface area contributed by atoms with Gasteiger partial charge in [0.05, 0.1) is 18.8 Å². The third kappa shape index (κ3) is 3.38. The van der Waals surface area contributed by atoms with Gasteiger partial charge < -0.3 is 4.74 Å². The summed E-state index contributed by atoms with van der Waals surface area (Å²) in [7, 11) is 0. The number of hydrogen-bond donors (Lipinski definition) is 2. The van der Waals surface area contributed by atoms with E-state index < -0.39 is 0 Å². The van der Waals surface area contributed by atoms with Crippen molar-refractivity contribution in [3.63, 3.8) is 0 Å². The van der Waals surface area contributed by atoms with Crippen LogP contribution in [0.3, 0.4) is 0 Å². The summed E-state index contributed by atoms with van der Waals surface area (Å²) in [6.45, 7) is 2.74. The molecular weight excluding hydrogens is 293 g/mol. The number of hydrogen-bond acceptors (Lipinski definition) is 4. The first-order valence-corrected chi connectivity index (χ1v) is 7.81. The van der Waals surface area contributed by atoms with Gasteiger partial charge in [0.25, 0.3) is 0 Å². The van der Waals surface area contributed by atoms with Crippen molar-refractivity contribution < 1.29 is 9.13 Å². The van der Waals surface area contributed by atoms with Crippen molar-refractivity contribution in [2.24, 2.45) is 5.84 Å². The van der Waals surface area contributed by atoms with E-state index in [1.165, 1.54) is 25.0 Å². The number of morpholine rings is 1. The Morgan fingerprint density at radius 2 is 2.38 bits per heavy atom. The van der Waals surface area contributed by atoms with Gasteiger partial charge in [-0.25, -0.2) is 4.39 Å². The van der Waals surface area contributed by atoms with Crippen LogP contribution < -0.4 is 11.3 Å². The van der Waals surface area contributed by atoms with E-state index in [2.05, 4.69) is 10.3 Å². The molecule has 3 unspecified atom stereocenters. The molecule has 116 valence electrons. The minimum atomic E-state index is -0.283. The van der Waals surface area contributed by atoms with E-state index in [1.807, 2.05) is 0 Å². The Morgan fingerprint density at radius 3 is 3.19 bits per heavy atom. The number of rotatable bonds is 4. The van der Waals surface area contributed by atoms with Gasteiger partial charge in [0.15, 0.2) is 0 Å². The predicted octanol–water partition coefficient (Wildman–Crippen LogP) is 1.72. The van der Waals surface area contributed by atoms with Gasteiger partial charge in [-0.05, 0) is 49.6 Å². The van der Waals surface area contributed by atoms with Crippen molar-refractivity contribution in [1.29, 1.82) is 0 Å². The SMILES string of the molecule is NNC(Cc1cc(F)ccc1Cl)C1CN2CCCC2CO1. The van der Waals surface area contributed by atoms with E-state index in [-0.39, 0.29) is 18.0 Å². The molecule has 3 N–H and O–H groups in total. The summed E-state index contributed by atoms with van der Waals surface area (Å²) < 4.78 is 19.3. The summed E-state index contributed by atoms with van der Waals surface area (Å²) >= 11 is 6.14. The molecule has 1 aromatic carbocycles. The first-order valence-electron chi connectivity index (χ1n) is 7.43. The third-order valence-electron chi connectivity index (χ3n) is 4.53. The van der Waals surface area contributed by atoms with Gasteiger partial charge in [-0.1, -0.05) is 11.6 Å². The number of nitrogens with zero attached hydrogens (tertiary/aromatic N) is 1. The Kier molecular flexibility index (Phi) is 4.76. The van der Waals surface area contributed by atoms with E-state index in [9.17, 15) is 4.39 Å². The predicted molar refractivity (Wildman–Crippen MR) is 80.6 cm³/mol. The zero-order chi connectivity index (χ0) is 14.8. The van der Waals surface area contributed by atoms with Gasteiger partial charge in [-0.3, -0.25) is 16.2 Å². The fourth-order valence-electron chi connectivity index (χ4n) is 3.32. The van der Waals surface area contributed by atoms with Crippen LogP contribution in [-0.4, -0.2) is 42.8 Å². The molecule has 3 atom stereocenters. The van der Waals surface area contributed by atoms with Crippen molar-refractivity contribution in [1.82, 2.24) is 10.3 Å². The second-order valence-corrected chi connectivity index (χ2v) is 6.28. The standard InChI is InChI=1S/C15H21ClFN3O/c16-13-4-3-11(17)6-10(13)7-14(19-18)15-8-20-5-1-2-12(20)9-21-15/h3-4,6,12,14-15,19H,1-2,5,7-9,18H2. The van der Waals surface area contributed by atoms with Crippen LogP contribution in [0.1, 0.15) is 18.4 Å². The fourth-order valence-corrected chi connectivity index (χ4v) is 3.52. The molecule has 2 aliphatic rings. The van der Waals surface area contributed by atoms with Gasteiger partial charge in [-0.2, -0.15) is 0 Å². The quantitative estimate of drug-likeness (QED) is 0.656. The molecule has 0 amide bonds. The molecule has 4 nitrogen and oxygen atoms in total. The molecular formula is C15H21ClFN3O. The van der Waals surface area contributed by atoms with Crippen molar-refractivity contribution in [2.45, 2.75) is 37.5 Å². The van der Waals surface area contributed by atoms with Crippen LogP contribution in [0.4, 0.5) is 4.39 Å². The van der Waals surface area contributed by atoms with Crippen molar-refractivity contribution >= 4 is 11.6 Å². The first-order chi connectivity index (χ1) is 10.2. The van der Waals surface area contributed by atoms with Crippen LogP contribution in [-0.2, 0) is 11.2 Å². The smallest absolute Gasteiger partial charge is 0.123 e. The van der Waals surface area contributed by atoms with Crippen LogP contribution in [0, 0.1) is 5.82 Å². The lowest BCUT2D eigenvalue weighted by molar-refractivity contribution is -0.0644. The van der Waals surface area contributed by atoms with Gasteiger partial charge in [-0.15, -0.1) is 0 Å². The average molecular weight is 314 g/mol. The minimum absolute atomic E-state index is 0.00341. The number of benzene rings is 1. The summed E-state index contributed by atoms with van der Waals surface area (Å²) in [5.41, 5.74) is 3.57. The number of halogens is 2. The van der Waals surface area contributed by atoms with Crippen molar-refractivity contribution in [2.75, 3.05) is 19.7 Å². The number of fused-ring (bicyclic) bond motifs is 1. The first kappa shape index (κ1) is 15.2. The molecule has 0 bridgehead atoms. The van der Waals surface area contributed by atoms with Crippen molar-refractivity contribution in [3.05, 3.63) is 34.6 Å². The summed E-state index contributed by atoms with van der Waals surface area (Å²) in [5.74, 6) is 5.41. The van der Waals surface area contributed by atoms with Gasteiger partial charge in [0.1, 0.15) is 5.82 Å². The Labute approximate surface area is 129 Å². The Hall–Kier alpha value is -0.720. The molecule has 21 heavy (non-hydrogen) atoms. The van der Waals surface area contributed by atoms with Crippen LogP contribution in [0.5, 0.6) is 0 Å². The molecule has 0 saturated carbocycles. The van der Waals surface area contributed by atoms with E-state index >= 15 is 0 Å². The largest absolute Gasteiger partial charge is 0.374 e. The second kappa shape index (κ2) is 6.58. The number of nitrogens with one attached hydrogen (secondary N) is 1. The van der Waals surface area contributed by atoms with E-state index in [0.29, 0.717) is 17.5 Å². The molecule has 6 heteroatoms. The van der Waals surface area contributed by atoms with Crippen LogP contribution >= 0.6 is 11.6 Å². The van der Waals surface area contributed by atoms with Gasteiger partial charge >= 0.3 is 0 Å². The highest BCUT2D eigenvalue weighted by molar-refractivity contribution is 6.31. The molecule has 1 aromatic rings. The summed E-state index contributed by atoms with van der Waals surface area (Å²) in [6.07, 6.45) is 3.00. The second-order valence-electron chi connectivity index (χ2n) is 5.88.